The zero-order valence-electron chi connectivity index (χ0n) is 10.8. The Hall–Kier alpha value is -3.07. The number of nitrogen functional groups attached to an aromatic ring is 1. The summed E-state index contributed by atoms with van der Waals surface area (Å²) >= 11 is 0. The van der Waals surface area contributed by atoms with E-state index in [0.29, 0.717) is 17.0 Å². The van der Waals surface area contributed by atoms with Crippen LogP contribution in [0.2, 0.25) is 0 Å². The Balaban J connectivity index is 2.31. The number of nitrogens with two attached hydrogens (primary N) is 1. The lowest BCUT2D eigenvalue weighted by Gasteiger charge is -2.11. The minimum Gasteiger partial charge on any atom is -0.435 e. The molecule has 0 spiro atoms. The van der Waals surface area contributed by atoms with Gasteiger partial charge in [-0.2, -0.15) is 5.26 Å². The van der Waals surface area contributed by atoms with Gasteiger partial charge >= 0.3 is 0 Å². The van der Waals surface area contributed by atoms with Crippen LogP contribution in [0.4, 0.5) is 11.4 Å². The third kappa shape index (κ3) is 3.03. The molecule has 0 unspecified atom stereocenters. The predicted octanol–water partition coefficient (Wildman–Crippen LogP) is 2.29. The van der Waals surface area contributed by atoms with Crippen molar-refractivity contribution in [2.75, 3.05) is 11.1 Å². The van der Waals surface area contributed by atoms with Crippen molar-refractivity contribution in [3.05, 3.63) is 42.1 Å². The molecule has 6 heteroatoms. The van der Waals surface area contributed by atoms with Gasteiger partial charge in [0.1, 0.15) is 6.07 Å². The van der Waals surface area contributed by atoms with Crippen molar-refractivity contribution in [1.82, 2.24) is 4.98 Å². The second-order valence-electron chi connectivity index (χ2n) is 4.01. The number of aromatic nitrogens is 1. The Morgan fingerprint density at radius 3 is 2.85 bits per heavy atom. The molecule has 0 radical (unpaired) electrons. The van der Waals surface area contributed by atoms with Crippen molar-refractivity contribution >= 4 is 17.3 Å². The second kappa shape index (κ2) is 5.71. The monoisotopic (exact) mass is 268 g/mol. The molecule has 2 rings (SSSR count). The smallest absolute Gasteiger partial charge is 0.242 e. The van der Waals surface area contributed by atoms with Crippen LogP contribution in [-0.4, -0.2) is 10.9 Å². The fourth-order valence-electron chi connectivity index (χ4n) is 1.57. The molecule has 0 saturated heterocycles. The highest BCUT2D eigenvalue weighted by Gasteiger charge is 2.09. The van der Waals surface area contributed by atoms with Gasteiger partial charge in [0, 0.05) is 13.1 Å². The molecule has 2 aromatic rings. The van der Waals surface area contributed by atoms with Crippen molar-refractivity contribution in [2.45, 2.75) is 6.92 Å². The molecule has 100 valence electrons. The number of nitrogens with zero attached hydrogens (tertiary/aromatic N) is 2. The van der Waals surface area contributed by atoms with E-state index < -0.39 is 0 Å². The number of pyridine rings is 1. The molecule has 3 N–H and O–H groups in total. The van der Waals surface area contributed by atoms with Crippen molar-refractivity contribution in [2.24, 2.45) is 0 Å². The van der Waals surface area contributed by atoms with Crippen LogP contribution in [0.3, 0.4) is 0 Å². The Morgan fingerprint density at radius 2 is 2.20 bits per heavy atom. The van der Waals surface area contributed by atoms with E-state index in [0.717, 1.165) is 0 Å². The highest BCUT2D eigenvalue weighted by atomic mass is 16.5. The SMILES string of the molecule is CC(=O)Nc1ccccc1Oc1ncc(C#N)cc1N. The van der Waals surface area contributed by atoms with Gasteiger partial charge in [0.2, 0.25) is 11.8 Å². The summed E-state index contributed by atoms with van der Waals surface area (Å²) in [6, 6.07) is 10.3. The number of carbonyl (C=O) groups is 1. The topological polar surface area (TPSA) is 101 Å². The third-order valence-electron chi connectivity index (χ3n) is 2.41. The summed E-state index contributed by atoms with van der Waals surface area (Å²) in [7, 11) is 0. The molecular weight excluding hydrogens is 256 g/mol. The summed E-state index contributed by atoms with van der Waals surface area (Å²) in [6.45, 7) is 1.41. The number of nitrogens with one attached hydrogen (secondary N) is 1. The molecule has 1 aromatic carbocycles. The molecule has 20 heavy (non-hydrogen) atoms. The summed E-state index contributed by atoms with van der Waals surface area (Å²) in [5.41, 5.74) is 6.89. The zero-order chi connectivity index (χ0) is 14.5. The number of para-hydroxylation sites is 2. The fourth-order valence-corrected chi connectivity index (χ4v) is 1.57. The summed E-state index contributed by atoms with van der Waals surface area (Å²) in [4.78, 5) is 15.1. The molecule has 0 aliphatic carbocycles. The van der Waals surface area contributed by atoms with Crippen LogP contribution in [-0.2, 0) is 4.79 Å². The number of hydrogen-bond acceptors (Lipinski definition) is 5. The van der Waals surface area contributed by atoms with Crippen LogP contribution in [0.1, 0.15) is 12.5 Å². The average molecular weight is 268 g/mol. The molecule has 0 aliphatic heterocycles. The van der Waals surface area contributed by atoms with E-state index in [9.17, 15) is 4.79 Å². The number of benzene rings is 1. The molecule has 0 fully saturated rings. The normalized spacial score (nSPS) is 9.60. The van der Waals surface area contributed by atoms with E-state index in [-0.39, 0.29) is 17.5 Å². The molecule has 6 nitrogen and oxygen atoms in total. The lowest BCUT2D eigenvalue weighted by atomic mass is 10.2. The predicted molar refractivity (Wildman–Crippen MR) is 74.2 cm³/mol. The van der Waals surface area contributed by atoms with Gasteiger partial charge in [-0.1, -0.05) is 12.1 Å². The van der Waals surface area contributed by atoms with E-state index in [1.54, 1.807) is 24.3 Å². The Morgan fingerprint density at radius 1 is 1.45 bits per heavy atom. The highest BCUT2D eigenvalue weighted by molar-refractivity contribution is 5.90. The molecule has 0 atom stereocenters. The molecule has 0 bridgehead atoms. The molecule has 0 saturated carbocycles. The summed E-state index contributed by atoms with van der Waals surface area (Å²) in [6.07, 6.45) is 1.37. The standard InChI is InChI=1S/C14H12N4O2/c1-9(19)18-12-4-2-3-5-13(12)20-14-11(16)6-10(7-15)8-17-14/h2-6,8H,16H2,1H3,(H,18,19). The largest absolute Gasteiger partial charge is 0.435 e. The van der Waals surface area contributed by atoms with Gasteiger partial charge in [-0.3, -0.25) is 4.79 Å². The average Bonchev–Trinajstić information content (AvgIpc) is 2.42. The quantitative estimate of drug-likeness (QED) is 0.889. The molecule has 0 aliphatic rings. The number of rotatable bonds is 3. The molecule has 1 aromatic heterocycles. The van der Waals surface area contributed by atoms with E-state index in [1.807, 2.05) is 6.07 Å². The van der Waals surface area contributed by atoms with Crippen LogP contribution in [0.5, 0.6) is 11.6 Å². The van der Waals surface area contributed by atoms with Crippen molar-refractivity contribution in [1.29, 1.82) is 5.26 Å². The summed E-state index contributed by atoms with van der Waals surface area (Å²) in [5.74, 6) is 0.398. The van der Waals surface area contributed by atoms with Crippen molar-refractivity contribution < 1.29 is 9.53 Å². The van der Waals surface area contributed by atoms with Crippen LogP contribution in [0, 0.1) is 11.3 Å². The number of hydrogen-bond donors (Lipinski definition) is 2. The Bertz CT molecular complexity index is 692. The summed E-state index contributed by atoms with van der Waals surface area (Å²) < 4.78 is 5.58. The maximum atomic E-state index is 11.1. The van der Waals surface area contributed by atoms with E-state index >= 15 is 0 Å². The fraction of sp³-hybridized carbons (Fsp3) is 0.0714. The highest BCUT2D eigenvalue weighted by Crippen LogP contribution is 2.31. The van der Waals surface area contributed by atoms with Gasteiger partial charge in [-0.05, 0) is 18.2 Å². The van der Waals surface area contributed by atoms with Gasteiger partial charge in [0.15, 0.2) is 5.75 Å². The van der Waals surface area contributed by atoms with Crippen LogP contribution in [0.15, 0.2) is 36.5 Å². The van der Waals surface area contributed by atoms with Gasteiger partial charge in [0.05, 0.1) is 16.9 Å². The minimum absolute atomic E-state index is 0.182. The van der Waals surface area contributed by atoms with Crippen LogP contribution < -0.4 is 15.8 Å². The second-order valence-corrected chi connectivity index (χ2v) is 4.01. The number of anilines is 2. The third-order valence-corrected chi connectivity index (χ3v) is 2.41. The molecule has 1 heterocycles. The van der Waals surface area contributed by atoms with Crippen LogP contribution in [0.25, 0.3) is 0 Å². The van der Waals surface area contributed by atoms with Crippen molar-refractivity contribution in [3.8, 4) is 17.7 Å². The number of amides is 1. The molecule has 1 amide bonds. The first-order valence-corrected chi connectivity index (χ1v) is 5.80. The lowest BCUT2D eigenvalue weighted by molar-refractivity contribution is -0.114. The van der Waals surface area contributed by atoms with Gasteiger partial charge in [-0.25, -0.2) is 4.98 Å². The van der Waals surface area contributed by atoms with Crippen LogP contribution >= 0.6 is 0 Å². The summed E-state index contributed by atoms with van der Waals surface area (Å²) in [5, 5.41) is 11.4. The zero-order valence-corrected chi connectivity index (χ0v) is 10.8. The van der Waals surface area contributed by atoms with Crippen molar-refractivity contribution in [3.63, 3.8) is 0 Å². The van der Waals surface area contributed by atoms with E-state index in [1.165, 1.54) is 19.2 Å². The Labute approximate surface area is 115 Å². The maximum absolute atomic E-state index is 11.1. The maximum Gasteiger partial charge on any atom is 0.242 e. The van der Waals surface area contributed by atoms with Gasteiger partial charge < -0.3 is 15.8 Å². The molecular formula is C14H12N4O2. The first-order valence-electron chi connectivity index (χ1n) is 5.80. The first-order chi connectivity index (χ1) is 9.60. The van der Waals surface area contributed by atoms with E-state index in [2.05, 4.69) is 10.3 Å². The number of nitriles is 1. The van der Waals surface area contributed by atoms with E-state index in [4.69, 9.17) is 15.7 Å². The Kier molecular flexibility index (Phi) is 3.82. The number of carbonyl (C=O) groups excluding carboxylic acids is 1. The lowest BCUT2D eigenvalue weighted by Crippen LogP contribution is -2.07. The minimum atomic E-state index is -0.207. The van der Waals surface area contributed by atoms with Gasteiger partial charge in [-0.15, -0.1) is 0 Å². The van der Waals surface area contributed by atoms with Gasteiger partial charge in [0.25, 0.3) is 0 Å². The first kappa shape index (κ1) is 13.4. The number of ether oxygens (including phenoxy) is 1.